The highest BCUT2D eigenvalue weighted by Gasteiger charge is 2.20. The van der Waals surface area contributed by atoms with E-state index in [1.54, 1.807) is 0 Å². The fraction of sp³-hybridized carbons (Fsp3) is 0.500. The van der Waals surface area contributed by atoms with Gasteiger partial charge in [0.25, 0.3) is 0 Å². The van der Waals surface area contributed by atoms with E-state index in [0.717, 1.165) is 24.1 Å². The lowest BCUT2D eigenvalue weighted by Gasteiger charge is -2.17. The number of hydrogen-bond acceptors (Lipinski definition) is 2. The lowest BCUT2D eigenvalue weighted by molar-refractivity contribution is -0.137. The van der Waals surface area contributed by atoms with Crippen LogP contribution in [0.3, 0.4) is 0 Å². The number of aliphatic carboxylic acids is 1. The van der Waals surface area contributed by atoms with E-state index in [2.05, 4.69) is 5.32 Å². The van der Waals surface area contributed by atoms with Crippen LogP contribution >= 0.6 is 0 Å². The molecule has 0 heterocycles. The van der Waals surface area contributed by atoms with Crippen LogP contribution in [0.15, 0.2) is 24.3 Å². The minimum absolute atomic E-state index is 0.00768. The summed E-state index contributed by atoms with van der Waals surface area (Å²) in [5.41, 5.74) is 1.54. The minimum atomic E-state index is -0.745. The molecule has 0 aliphatic rings. The summed E-state index contributed by atoms with van der Waals surface area (Å²) in [6.45, 7) is 5.62. The number of nitrogens with one attached hydrogen (secondary N) is 1. The maximum atomic E-state index is 11.8. The Kier molecular flexibility index (Phi) is 5.74. The van der Waals surface area contributed by atoms with Crippen molar-refractivity contribution in [1.29, 1.82) is 0 Å². The molecule has 2 N–H and O–H groups in total. The van der Waals surface area contributed by atoms with E-state index in [1.165, 1.54) is 0 Å². The van der Waals surface area contributed by atoms with Crippen molar-refractivity contribution in [3.05, 3.63) is 29.8 Å². The molecule has 0 spiro atoms. The highest BCUT2D eigenvalue weighted by Crippen LogP contribution is 2.18. The number of carbonyl (C=O) groups is 2. The molecule has 0 saturated heterocycles. The molecule has 0 bridgehead atoms. The third-order valence-corrected chi connectivity index (χ3v) is 3.00. The van der Waals surface area contributed by atoms with Crippen LogP contribution in [0.4, 0.5) is 5.69 Å². The Balaban J connectivity index is 2.44. The van der Waals surface area contributed by atoms with Gasteiger partial charge in [-0.3, -0.25) is 9.59 Å². The van der Waals surface area contributed by atoms with Crippen LogP contribution in [0.25, 0.3) is 0 Å². The monoisotopic (exact) mass is 277 g/mol. The lowest BCUT2D eigenvalue weighted by Crippen LogP contribution is -2.27. The molecule has 4 nitrogen and oxygen atoms in total. The summed E-state index contributed by atoms with van der Waals surface area (Å²) in [6.07, 6.45) is 2.64. The summed E-state index contributed by atoms with van der Waals surface area (Å²) in [6, 6.07) is 7.71. The van der Waals surface area contributed by atoms with Gasteiger partial charge in [-0.05, 0) is 37.0 Å². The Morgan fingerprint density at radius 3 is 2.20 bits per heavy atom. The zero-order chi connectivity index (χ0) is 15.2. The van der Waals surface area contributed by atoms with Crippen molar-refractivity contribution in [3.8, 4) is 0 Å². The van der Waals surface area contributed by atoms with Crippen molar-refractivity contribution in [2.24, 2.45) is 5.41 Å². The highest BCUT2D eigenvalue weighted by atomic mass is 16.4. The molecule has 0 radical (unpaired) electrons. The van der Waals surface area contributed by atoms with Gasteiger partial charge in [-0.25, -0.2) is 0 Å². The molecule has 0 saturated carbocycles. The first-order chi connectivity index (χ1) is 9.29. The number of carboxylic acid groups (broad SMARTS) is 1. The first-order valence-electron chi connectivity index (χ1n) is 6.91. The number of rotatable bonds is 6. The van der Waals surface area contributed by atoms with Crippen molar-refractivity contribution in [1.82, 2.24) is 0 Å². The van der Waals surface area contributed by atoms with Gasteiger partial charge in [0.05, 0.1) is 0 Å². The first kappa shape index (κ1) is 16.2. The number of unbranched alkanes of at least 4 members (excludes halogenated alkanes) is 1. The molecule has 0 atom stereocenters. The molecular formula is C16H23NO3. The van der Waals surface area contributed by atoms with E-state index in [9.17, 15) is 9.59 Å². The topological polar surface area (TPSA) is 66.4 Å². The molecule has 1 aromatic carbocycles. The molecular weight excluding hydrogens is 254 g/mol. The Morgan fingerprint density at radius 1 is 1.10 bits per heavy atom. The number of amides is 1. The molecule has 0 aliphatic heterocycles. The van der Waals surface area contributed by atoms with E-state index in [-0.39, 0.29) is 12.3 Å². The first-order valence-corrected chi connectivity index (χ1v) is 6.91. The predicted octanol–water partition coefficient (Wildman–Crippen LogP) is 3.47. The third-order valence-electron chi connectivity index (χ3n) is 3.00. The molecule has 110 valence electrons. The van der Waals surface area contributed by atoms with Gasteiger partial charge in [0.2, 0.25) is 5.91 Å². The smallest absolute Gasteiger partial charge is 0.303 e. The van der Waals surface area contributed by atoms with Crippen LogP contribution in [-0.4, -0.2) is 17.0 Å². The van der Waals surface area contributed by atoms with Crippen molar-refractivity contribution >= 4 is 17.6 Å². The van der Waals surface area contributed by atoms with Crippen LogP contribution in [-0.2, 0) is 16.0 Å². The number of carbonyl (C=O) groups excluding carboxylic acids is 1. The second-order valence-corrected chi connectivity index (χ2v) is 6.00. The molecule has 1 amide bonds. The summed E-state index contributed by atoms with van der Waals surface area (Å²) in [5.74, 6) is -0.753. The van der Waals surface area contributed by atoms with Gasteiger partial charge in [0, 0.05) is 17.5 Å². The lowest BCUT2D eigenvalue weighted by atomic mass is 9.95. The third kappa shape index (κ3) is 5.87. The number of carboxylic acids is 1. The average molecular weight is 277 g/mol. The minimum Gasteiger partial charge on any atom is -0.481 e. The molecule has 1 rings (SSSR count). The molecule has 0 unspecified atom stereocenters. The normalized spacial score (nSPS) is 11.2. The summed E-state index contributed by atoms with van der Waals surface area (Å²) in [5, 5.41) is 11.4. The standard InChI is InChI=1S/C16H23NO3/c1-16(2,3)15(20)17-13-10-8-12(9-11-13)6-4-5-7-14(18)19/h8-11H,4-7H2,1-3H3,(H,17,20)(H,18,19). The number of benzene rings is 1. The average Bonchev–Trinajstić information content (AvgIpc) is 2.35. The molecule has 20 heavy (non-hydrogen) atoms. The molecule has 0 aliphatic carbocycles. The quantitative estimate of drug-likeness (QED) is 0.782. The van der Waals surface area contributed by atoms with Crippen LogP contribution in [0, 0.1) is 5.41 Å². The Hall–Kier alpha value is -1.84. The molecule has 1 aromatic rings. The van der Waals surface area contributed by atoms with Crippen LogP contribution in [0.2, 0.25) is 0 Å². The van der Waals surface area contributed by atoms with Gasteiger partial charge in [0.15, 0.2) is 0 Å². The van der Waals surface area contributed by atoms with Crippen molar-refractivity contribution < 1.29 is 14.7 Å². The Bertz CT molecular complexity index is 458. The van der Waals surface area contributed by atoms with Crippen molar-refractivity contribution in [3.63, 3.8) is 0 Å². The highest BCUT2D eigenvalue weighted by molar-refractivity contribution is 5.94. The Morgan fingerprint density at radius 2 is 1.70 bits per heavy atom. The van der Waals surface area contributed by atoms with Crippen molar-refractivity contribution in [2.75, 3.05) is 5.32 Å². The molecule has 0 fully saturated rings. The number of aryl methyl sites for hydroxylation is 1. The van der Waals surface area contributed by atoms with E-state index in [1.807, 2.05) is 45.0 Å². The van der Waals surface area contributed by atoms with Crippen molar-refractivity contribution in [2.45, 2.75) is 46.5 Å². The summed E-state index contributed by atoms with van der Waals surface area (Å²) in [4.78, 5) is 22.2. The Labute approximate surface area is 120 Å². The van der Waals surface area contributed by atoms with Gasteiger partial charge < -0.3 is 10.4 Å². The predicted molar refractivity (Wildman–Crippen MR) is 79.7 cm³/mol. The fourth-order valence-electron chi connectivity index (χ4n) is 1.68. The van der Waals surface area contributed by atoms with E-state index < -0.39 is 11.4 Å². The van der Waals surface area contributed by atoms with Gasteiger partial charge >= 0.3 is 5.97 Å². The van der Waals surface area contributed by atoms with Crippen LogP contribution in [0.5, 0.6) is 0 Å². The fourth-order valence-corrected chi connectivity index (χ4v) is 1.68. The number of hydrogen-bond donors (Lipinski definition) is 2. The zero-order valence-corrected chi connectivity index (χ0v) is 12.4. The van der Waals surface area contributed by atoms with Crippen LogP contribution in [0.1, 0.15) is 45.6 Å². The summed E-state index contributed by atoms with van der Waals surface area (Å²) >= 11 is 0. The zero-order valence-electron chi connectivity index (χ0n) is 12.4. The second-order valence-electron chi connectivity index (χ2n) is 6.00. The second kappa shape index (κ2) is 7.08. The summed E-state index contributed by atoms with van der Waals surface area (Å²) in [7, 11) is 0. The summed E-state index contributed by atoms with van der Waals surface area (Å²) < 4.78 is 0. The number of anilines is 1. The molecule has 0 aromatic heterocycles. The molecule has 4 heteroatoms. The largest absolute Gasteiger partial charge is 0.481 e. The maximum Gasteiger partial charge on any atom is 0.303 e. The van der Waals surface area contributed by atoms with Gasteiger partial charge in [0.1, 0.15) is 0 Å². The van der Waals surface area contributed by atoms with Gasteiger partial charge in [-0.15, -0.1) is 0 Å². The van der Waals surface area contributed by atoms with E-state index in [4.69, 9.17) is 5.11 Å². The maximum absolute atomic E-state index is 11.8. The van der Waals surface area contributed by atoms with Gasteiger partial charge in [-0.2, -0.15) is 0 Å². The van der Waals surface area contributed by atoms with Crippen LogP contribution < -0.4 is 5.32 Å². The van der Waals surface area contributed by atoms with Gasteiger partial charge in [-0.1, -0.05) is 32.9 Å². The van der Waals surface area contributed by atoms with E-state index >= 15 is 0 Å². The SMILES string of the molecule is CC(C)(C)C(=O)Nc1ccc(CCCCC(=O)O)cc1. The van der Waals surface area contributed by atoms with E-state index in [0.29, 0.717) is 6.42 Å².